The first-order valence-corrected chi connectivity index (χ1v) is 12.4. The summed E-state index contributed by atoms with van der Waals surface area (Å²) >= 11 is 0. The van der Waals surface area contributed by atoms with E-state index < -0.39 is 11.8 Å². The van der Waals surface area contributed by atoms with Gasteiger partial charge in [0.25, 0.3) is 5.91 Å². The van der Waals surface area contributed by atoms with E-state index in [2.05, 4.69) is 17.9 Å². The molecule has 0 aliphatic carbocycles. The highest BCUT2D eigenvalue weighted by Gasteiger charge is 2.25. The first-order valence-electron chi connectivity index (χ1n) is 12.4. The molecule has 1 aliphatic heterocycles. The normalized spacial score (nSPS) is 14.8. The minimum atomic E-state index is -1.05. The summed E-state index contributed by atoms with van der Waals surface area (Å²) in [6.45, 7) is 6.63. The van der Waals surface area contributed by atoms with Crippen LogP contribution >= 0.6 is 0 Å². The number of fused-ring (bicyclic) bond motifs is 2. The van der Waals surface area contributed by atoms with Gasteiger partial charge in [0.1, 0.15) is 30.0 Å². The molecular weight excluding hydrogens is 487 g/mol. The van der Waals surface area contributed by atoms with Gasteiger partial charge in [0.15, 0.2) is 0 Å². The summed E-state index contributed by atoms with van der Waals surface area (Å²) in [5.41, 5.74) is 4.80. The van der Waals surface area contributed by atoms with Crippen LogP contribution in [0.3, 0.4) is 0 Å². The van der Waals surface area contributed by atoms with Gasteiger partial charge >= 0.3 is 5.97 Å². The summed E-state index contributed by atoms with van der Waals surface area (Å²) in [5, 5.41) is 9.78. The van der Waals surface area contributed by atoms with E-state index in [0.717, 1.165) is 17.0 Å². The van der Waals surface area contributed by atoms with Crippen molar-refractivity contribution in [3.63, 3.8) is 0 Å². The van der Waals surface area contributed by atoms with E-state index in [0.29, 0.717) is 46.6 Å². The molecule has 1 atom stereocenters. The summed E-state index contributed by atoms with van der Waals surface area (Å²) in [6.07, 6.45) is -0.460. The van der Waals surface area contributed by atoms with E-state index in [1.54, 1.807) is 25.1 Å². The van der Waals surface area contributed by atoms with Gasteiger partial charge in [-0.15, -0.1) is 0 Å². The average molecular weight is 517 g/mol. The van der Waals surface area contributed by atoms with Gasteiger partial charge < -0.3 is 19.5 Å². The number of likely N-dealkylation sites (N-methyl/N-ethyl adjacent to an activating group) is 1. The number of aryl methyl sites for hydroxylation is 2. The standard InChI is InChI=1S/C30H29FN2O5/c1-17-5-9-28-26(11-17)32(4)15-22(38-28)16-37-27-10-6-20(12-18(27)2)30(36)33-19(3)23(14-29(34)35)24-13-21(31)7-8-25(24)33/h5-13,22H,14-16H2,1-4H3,(H,34,35)/t22-/m0/s1. The third-order valence-electron chi connectivity index (χ3n) is 6.97. The Morgan fingerprint density at radius 2 is 1.87 bits per heavy atom. The molecule has 0 spiro atoms. The molecule has 0 saturated carbocycles. The summed E-state index contributed by atoms with van der Waals surface area (Å²) in [5.74, 6) is -0.391. The lowest BCUT2D eigenvalue weighted by Crippen LogP contribution is -2.41. The molecule has 2 heterocycles. The maximum atomic E-state index is 14.0. The predicted molar refractivity (Wildman–Crippen MR) is 143 cm³/mol. The second kappa shape index (κ2) is 9.85. The lowest BCUT2D eigenvalue weighted by atomic mass is 10.1. The fourth-order valence-electron chi connectivity index (χ4n) is 5.08. The van der Waals surface area contributed by atoms with Crippen molar-refractivity contribution >= 4 is 28.5 Å². The summed E-state index contributed by atoms with van der Waals surface area (Å²) in [6, 6.07) is 15.3. The smallest absolute Gasteiger partial charge is 0.307 e. The molecule has 0 unspecified atom stereocenters. The number of ether oxygens (including phenoxy) is 2. The Morgan fingerprint density at radius 1 is 1.08 bits per heavy atom. The highest BCUT2D eigenvalue weighted by Crippen LogP contribution is 2.34. The lowest BCUT2D eigenvalue weighted by Gasteiger charge is -2.34. The zero-order chi connectivity index (χ0) is 27.1. The molecule has 38 heavy (non-hydrogen) atoms. The van der Waals surface area contributed by atoms with Gasteiger partial charge in [0.2, 0.25) is 0 Å². The number of rotatable bonds is 6. The van der Waals surface area contributed by atoms with Crippen LogP contribution < -0.4 is 14.4 Å². The molecule has 0 bridgehead atoms. The highest BCUT2D eigenvalue weighted by atomic mass is 19.1. The van der Waals surface area contributed by atoms with E-state index in [4.69, 9.17) is 9.47 Å². The molecule has 5 rings (SSSR count). The number of hydrogen-bond acceptors (Lipinski definition) is 5. The van der Waals surface area contributed by atoms with Crippen molar-refractivity contribution in [2.75, 3.05) is 25.1 Å². The van der Waals surface area contributed by atoms with E-state index in [9.17, 15) is 19.1 Å². The van der Waals surface area contributed by atoms with Crippen LogP contribution in [0.2, 0.25) is 0 Å². The molecular formula is C30H29FN2O5. The maximum absolute atomic E-state index is 14.0. The molecule has 1 aliphatic rings. The molecule has 1 aromatic heterocycles. The van der Waals surface area contributed by atoms with E-state index in [1.165, 1.54) is 28.3 Å². The topological polar surface area (TPSA) is 81.0 Å². The molecule has 7 nitrogen and oxygen atoms in total. The van der Waals surface area contributed by atoms with Crippen LogP contribution in [0.4, 0.5) is 10.1 Å². The predicted octanol–water partition coefficient (Wildman–Crippen LogP) is 5.30. The fourth-order valence-corrected chi connectivity index (χ4v) is 5.08. The number of anilines is 1. The van der Waals surface area contributed by atoms with E-state index >= 15 is 0 Å². The number of carboxylic acid groups (broad SMARTS) is 1. The minimum Gasteiger partial charge on any atom is -0.489 e. The van der Waals surface area contributed by atoms with Crippen molar-refractivity contribution in [3.05, 3.63) is 88.4 Å². The summed E-state index contributed by atoms with van der Waals surface area (Å²) in [4.78, 5) is 27.2. The number of halogens is 1. The SMILES string of the molecule is Cc1ccc2c(c1)N(C)C[C@@H](COc1ccc(C(=O)n3c(C)c(CC(=O)O)c4cc(F)ccc43)cc1C)O2. The van der Waals surface area contributed by atoms with Crippen LogP contribution in [0.15, 0.2) is 54.6 Å². The first-order chi connectivity index (χ1) is 18.1. The van der Waals surface area contributed by atoms with Crippen LogP contribution in [0.1, 0.15) is 32.7 Å². The van der Waals surface area contributed by atoms with Crippen LogP contribution in [-0.4, -0.2) is 47.9 Å². The monoisotopic (exact) mass is 516 g/mol. The number of aliphatic carboxylic acids is 1. The van der Waals surface area contributed by atoms with Gasteiger partial charge in [-0.3, -0.25) is 14.2 Å². The second-order valence-corrected chi connectivity index (χ2v) is 9.82. The number of aromatic nitrogens is 1. The third-order valence-corrected chi connectivity index (χ3v) is 6.97. The molecule has 3 aromatic carbocycles. The maximum Gasteiger partial charge on any atom is 0.307 e. The van der Waals surface area contributed by atoms with Crippen molar-refractivity contribution in [2.24, 2.45) is 0 Å². The molecule has 196 valence electrons. The number of benzene rings is 3. The van der Waals surface area contributed by atoms with Crippen molar-refractivity contribution in [1.29, 1.82) is 0 Å². The van der Waals surface area contributed by atoms with Crippen LogP contribution in [0.5, 0.6) is 11.5 Å². The summed E-state index contributed by atoms with van der Waals surface area (Å²) in [7, 11) is 2.03. The van der Waals surface area contributed by atoms with Gasteiger partial charge in [-0.05, 0) is 86.0 Å². The summed E-state index contributed by atoms with van der Waals surface area (Å²) < 4.78 is 27.6. The molecule has 0 saturated heterocycles. The van der Waals surface area contributed by atoms with E-state index in [-0.39, 0.29) is 18.4 Å². The van der Waals surface area contributed by atoms with Crippen molar-refractivity contribution in [2.45, 2.75) is 33.3 Å². The number of carboxylic acids is 1. The number of nitrogens with zero attached hydrogens (tertiary/aromatic N) is 2. The molecule has 4 aromatic rings. The van der Waals surface area contributed by atoms with Crippen molar-refractivity contribution in [1.82, 2.24) is 4.57 Å². The fraction of sp³-hybridized carbons (Fsp3) is 0.267. The zero-order valence-electron chi connectivity index (χ0n) is 21.7. The Bertz CT molecular complexity index is 1570. The molecule has 8 heteroatoms. The Morgan fingerprint density at radius 3 is 2.61 bits per heavy atom. The number of carbonyl (C=O) groups is 2. The Balaban J connectivity index is 1.36. The molecule has 0 radical (unpaired) electrons. The average Bonchev–Trinajstić information content (AvgIpc) is 3.13. The van der Waals surface area contributed by atoms with Gasteiger partial charge in [-0.2, -0.15) is 0 Å². The van der Waals surface area contributed by atoms with Crippen LogP contribution in [-0.2, 0) is 11.2 Å². The van der Waals surface area contributed by atoms with Crippen LogP contribution in [0, 0.1) is 26.6 Å². The highest BCUT2D eigenvalue weighted by molar-refractivity contribution is 6.04. The lowest BCUT2D eigenvalue weighted by molar-refractivity contribution is -0.136. The Labute approximate surface area is 220 Å². The van der Waals surface area contributed by atoms with Crippen molar-refractivity contribution < 1.29 is 28.6 Å². The van der Waals surface area contributed by atoms with Crippen LogP contribution in [0.25, 0.3) is 10.9 Å². The Kier molecular flexibility index (Phi) is 6.57. The largest absolute Gasteiger partial charge is 0.489 e. The quantitative estimate of drug-likeness (QED) is 0.375. The Hall–Kier alpha value is -4.33. The first kappa shape index (κ1) is 25.3. The van der Waals surface area contributed by atoms with Gasteiger partial charge in [0, 0.05) is 23.7 Å². The van der Waals surface area contributed by atoms with Gasteiger partial charge in [-0.1, -0.05) is 6.07 Å². The van der Waals surface area contributed by atoms with Gasteiger partial charge in [-0.25, -0.2) is 4.39 Å². The zero-order valence-corrected chi connectivity index (χ0v) is 21.7. The minimum absolute atomic E-state index is 0.155. The number of carbonyl (C=O) groups excluding carboxylic acids is 1. The third kappa shape index (κ3) is 4.69. The second-order valence-electron chi connectivity index (χ2n) is 9.82. The molecule has 0 fully saturated rings. The van der Waals surface area contributed by atoms with Crippen molar-refractivity contribution in [3.8, 4) is 11.5 Å². The number of hydrogen-bond donors (Lipinski definition) is 1. The van der Waals surface area contributed by atoms with E-state index in [1.807, 2.05) is 26.1 Å². The molecule has 1 N–H and O–H groups in total. The van der Waals surface area contributed by atoms with Gasteiger partial charge in [0.05, 0.1) is 24.2 Å². The molecule has 0 amide bonds.